The van der Waals surface area contributed by atoms with Crippen molar-refractivity contribution in [2.24, 2.45) is 0 Å². The Hall–Kier alpha value is -2.27. The Morgan fingerprint density at radius 3 is 2.33 bits per heavy atom. The summed E-state index contributed by atoms with van der Waals surface area (Å²) in [5.41, 5.74) is 0.922. The van der Waals surface area contributed by atoms with Crippen molar-refractivity contribution in [1.29, 1.82) is 0 Å². The van der Waals surface area contributed by atoms with E-state index in [2.05, 4.69) is 4.98 Å². The molecule has 0 spiro atoms. The fraction of sp³-hybridized carbons (Fsp3) is 0. The summed E-state index contributed by atoms with van der Waals surface area (Å²) in [5.74, 6) is -3.98. The van der Waals surface area contributed by atoms with Crippen LogP contribution in [0.5, 0.6) is 0 Å². The van der Waals surface area contributed by atoms with E-state index in [0.29, 0.717) is 16.4 Å². The molecule has 6 heteroatoms. The first-order chi connectivity index (χ1) is 10.1. The highest BCUT2D eigenvalue weighted by Gasteiger charge is 2.17. The molecule has 0 fully saturated rings. The molecule has 0 unspecified atom stereocenters. The summed E-state index contributed by atoms with van der Waals surface area (Å²) in [7, 11) is 0. The van der Waals surface area contributed by atoms with Gasteiger partial charge in [0.2, 0.25) is 0 Å². The van der Waals surface area contributed by atoms with E-state index in [4.69, 9.17) is 11.6 Å². The van der Waals surface area contributed by atoms with E-state index in [1.165, 1.54) is 18.6 Å². The van der Waals surface area contributed by atoms with Crippen LogP contribution in [-0.4, -0.2) is 9.55 Å². The third-order valence-electron chi connectivity index (χ3n) is 3.05. The van der Waals surface area contributed by atoms with Gasteiger partial charge in [-0.15, -0.1) is 0 Å². The molecule has 0 radical (unpaired) electrons. The maximum Gasteiger partial charge on any atom is 0.195 e. The molecule has 0 aliphatic heterocycles. The quantitative estimate of drug-likeness (QED) is 0.632. The highest BCUT2D eigenvalue weighted by atomic mass is 35.5. The number of imidazole rings is 1. The second-order valence-corrected chi connectivity index (χ2v) is 4.78. The van der Waals surface area contributed by atoms with Crippen molar-refractivity contribution in [2.75, 3.05) is 0 Å². The van der Waals surface area contributed by atoms with Gasteiger partial charge < -0.3 is 0 Å². The van der Waals surface area contributed by atoms with E-state index < -0.39 is 17.5 Å². The highest BCUT2D eigenvalue weighted by molar-refractivity contribution is 6.30. The summed E-state index contributed by atoms with van der Waals surface area (Å²) in [5, 5.41) is 0.555. The summed E-state index contributed by atoms with van der Waals surface area (Å²) in [4.78, 5) is 3.94. The van der Waals surface area contributed by atoms with Gasteiger partial charge in [0, 0.05) is 16.3 Å². The summed E-state index contributed by atoms with van der Waals surface area (Å²) in [6, 6.07) is 8.82. The van der Waals surface area contributed by atoms with Crippen LogP contribution in [-0.2, 0) is 0 Å². The zero-order valence-electron chi connectivity index (χ0n) is 10.5. The van der Waals surface area contributed by atoms with E-state index in [0.717, 1.165) is 6.07 Å². The molecule has 2 nitrogen and oxygen atoms in total. The van der Waals surface area contributed by atoms with Gasteiger partial charge in [-0.3, -0.25) is 4.57 Å². The van der Waals surface area contributed by atoms with Crippen LogP contribution in [0.4, 0.5) is 13.2 Å². The van der Waals surface area contributed by atoms with Gasteiger partial charge in [-0.2, -0.15) is 0 Å². The molecule has 21 heavy (non-hydrogen) atoms. The first kappa shape index (κ1) is 13.7. The van der Waals surface area contributed by atoms with Crippen LogP contribution in [0.2, 0.25) is 5.02 Å². The average molecular weight is 309 g/mol. The fourth-order valence-electron chi connectivity index (χ4n) is 2.03. The predicted octanol–water partition coefficient (Wildman–Crippen LogP) is 4.61. The molecule has 0 saturated carbocycles. The molecule has 3 rings (SSSR count). The molecule has 0 aliphatic rings. The van der Waals surface area contributed by atoms with Crippen LogP contribution in [0.1, 0.15) is 0 Å². The largest absolute Gasteiger partial charge is 0.299 e. The number of hydrogen-bond acceptors (Lipinski definition) is 1. The maximum atomic E-state index is 13.9. The lowest BCUT2D eigenvalue weighted by Crippen LogP contribution is -1.99. The number of nitrogens with zero attached hydrogens (tertiary/aromatic N) is 2. The molecule has 106 valence electrons. The van der Waals surface area contributed by atoms with E-state index in [1.807, 2.05) is 0 Å². The summed E-state index contributed by atoms with van der Waals surface area (Å²) in [6.45, 7) is 0. The van der Waals surface area contributed by atoms with E-state index in [9.17, 15) is 13.2 Å². The molecule has 0 saturated heterocycles. The number of halogens is 4. The van der Waals surface area contributed by atoms with Gasteiger partial charge in [-0.25, -0.2) is 18.2 Å². The van der Waals surface area contributed by atoms with Crippen molar-refractivity contribution in [3.8, 4) is 16.9 Å². The van der Waals surface area contributed by atoms with Gasteiger partial charge >= 0.3 is 0 Å². The average Bonchev–Trinajstić information content (AvgIpc) is 2.95. The molecule has 1 heterocycles. The van der Waals surface area contributed by atoms with Crippen molar-refractivity contribution >= 4 is 11.6 Å². The van der Waals surface area contributed by atoms with Crippen molar-refractivity contribution in [3.05, 3.63) is 71.4 Å². The molecule has 0 N–H and O–H groups in total. The highest BCUT2D eigenvalue weighted by Crippen LogP contribution is 2.28. The lowest BCUT2D eigenvalue weighted by Gasteiger charge is -2.09. The van der Waals surface area contributed by atoms with E-state index in [-0.39, 0.29) is 5.56 Å². The third-order valence-corrected chi connectivity index (χ3v) is 3.31. The van der Waals surface area contributed by atoms with Crippen molar-refractivity contribution < 1.29 is 13.2 Å². The first-order valence-corrected chi connectivity index (χ1v) is 6.38. The van der Waals surface area contributed by atoms with Gasteiger partial charge in [-0.1, -0.05) is 11.6 Å². The molecule has 0 bridgehead atoms. The Balaban J connectivity index is 2.16. The molecule has 0 aliphatic carbocycles. The zero-order chi connectivity index (χ0) is 15.0. The molecule has 1 aromatic heterocycles. The normalized spacial score (nSPS) is 10.9. The minimum atomic E-state index is -1.50. The van der Waals surface area contributed by atoms with Crippen LogP contribution in [0.25, 0.3) is 16.9 Å². The van der Waals surface area contributed by atoms with E-state index in [1.54, 1.807) is 28.8 Å². The number of hydrogen-bond donors (Lipinski definition) is 0. The Morgan fingerprint density at radius 1 is 0.905 bits per heavy atom. The van der Waals surface area contributed by atoms with Gasteiger partial charge in [0.15, 0.2) is 17.5 Å². The van der Waals surface area contributed by atoms with Gasteiger partial charge in [-0.05, 0) is 36.4 Å². The fourth-order valence-corrected chi connectivity index (χ4v) is 2.15. The second kappa shape index (κ2) is 5.26. The zero-order valence-corrected chi connectivity index (χ0v) is 11.3. The van der Waals surface area contributed by atoms with Crippen LogP contribution in [0, 0.1) is 17.5 Å². The number of aromatic nitrogens is 2. The standard InChI is InChI=1S/C15H8ClF3N2/c16-9-1-3-10(4-2-9)21-8-20-7-13(21)11-5-6-12(17)15(19)14(11)18/h1-8H. The molecular weight excluding hydrogens is 301 g/mol. The molecular formula is C15H8ClF3N2. The van der Waals surface area contributed by atoms with Crippen LogP contribution in [0.3, 0.4) is 0 Å². The molecule has 0 amide bonds. The van der Waals surface area contributed by atoms with Gasteiger partial charge in [0.05, 0.1) is 18.2 Å². The minimum absolute atomic E-state index is 0.0682. The lowest BCUT2D eigenvalue weighted by molar-refractivity contribution is 0.448. The van der Waals surface area contributed by atoms with Crippen molar-refractivity contribution in [3.63, 3.8) is 0 Å². The third kappa shape index (κ3) is 2.40. The van der Waals surface area contributed by atoms with Gasteiger partial charge in [0.25, 0.3) is 0 Å². The summed E-state index contributed by atoms with van der Waals surface area (Å²) < 4.78 is 41.9. The lowest BCUT2D eigenvalue weighted by atomic mass is 10.1. The second-order valence-electron chi connectivity index (χ2n) is 4.35. The Morgan fingerprint density at radius 2 is 1.62 bits per heavy atom. The topological polar surface area (TPSA) is 17.8 Å². The molecule has 2 aromatic carbocycles. The summed E-state index contributed by atoms with van der Waals surface area (Å²) >= 11 is 5.82. The number of rotatable bonds is 2. The van der Waals surface area contributed by atoms with Crippen LogP contribution in [0.15, 0.2) is 48.9 Å². The van der Waals surface area contributed by atoms with Crippen LogP contribution >= 0.6 is 11.6 Å². The van der Waals surface area contributed by atoms with Gasteiger partial charge in [0.1, 0.15) is 0 Å². The SMILES string of the molecule is Fc1ccc(-c2cncn2-c2ccc(Cl)cc2)c(F)c1F. The summed E-state index contributed by atoms with van der Waals surface area (Å²) in [6.07, 6.45) is 2.84. The van der Waals surface area contributed by atoms with Crippen molar-refractivity contribution in [2.45, 2.75) is 0 Å². The maximum absolute atomic E-state index is 13.9. The molecule has 3 aromatic rings. The first-order valence-electron chi connectivity index (χ1n) is 6.00. The Labute approximate surface area is 123 Å². The molecule has 0 atom stereocenters. The Bertz CT molecular complexity index is 797. The number of benzene rings is 2. The minimum Gasteiger partial charge on any atom is -0.299 e. The van der Waals surface area contributed by atoms with Crippen molar-refractivity contribution in [1.82, 2.24) is 9.55 Å². The Kier molecular flexibility index (Phi) is 3.43. The van der Waals surface area contributed by atoms with E-state index >= 15 is 0 Å². The van der Waals surface area contributed by atoms with Crippen LogP contribution < -0.4 is 0 Å². The monoisotopic (exact) mass is 308 g/mol. The predicted molar refractivity (Wildman–Crippen MR) is 73.9 cm³/mol. The smallest absolute Gasteiger partial charge is 0.195 e.